The van der Waals surface area contributed by atoms with Crippen molar-refractivity contribution in [1.82, 2.24) is 4.57 Å². The van der Waals surface area contributed by atoms with Gasteiger partial charge in [-0.15, -0.1) is 0 Å². The molecule has 0 aliphatic heterocycles. The molecule has 4 aromatic carbocycles. The van der Waals surface area contributed by atoms with Crippen LogP contribution in [0.1, 0.15) is 36.8 Å². The zero-order valence-corrected chi connectivity index (χ0v) is 28.8. The van der Waals surface area contributed by atoms with Crippen molar-refractivity contribution < 1.29 is 43.1 Å². The van der Waals surface area contributed by atoms with Gasteiger partial charge in [-0.1, -0.05) is 30.3 Å². The fraction of sp³-hybridized carbons (Fsp3) is 0.237. The molecule has 0 fully saturated rings. The van der Waals surface area contributed by atoms with Gasteiger partial charge in [0.1, 0.15) is 17.9 Å². The summed E-state index contributed by atoms with van der Waals surface area (Å²) in [5.41, 5.74) is 0.341. The highest BCUT2D eigenvalue weighted by molar-refractivity contribution is 6.08. The highest BCUT2D eigenvalue weighted by Gasteiger charge is 2.28. The molecule has 12 heteroatoms. The predicted molar refractivity (Wildman–Crippen MR) is 189 cm³/mol. The van der Waals surface area contributed by atoms with Crippen LogP contribution < -0.4 is 34.6 Å². The molecule has 1 amide bonds. The summed E-state index contributed by atoms with van der Waals surface area (Å²) in [6, 6.07) is 22.0. The molecule has 0 spiro atoms. The van der Waals surface area contributed by atoms with Gasteiger partial charge in [0.2, 0.25) is 5.75 Å². The van der Waals surface area contributed by atoms with Crippen molar-refractivity contribution in [3.05, 3.63) is 100 Å². The normalized spacial score (nSPS) is 11.1. The topological polar surface area (TPSA) is 144 Å². The van der Waals surface area contributed by atoms with E-state index in [0.29, 0.717) is 17.0 Å². The van der Waals surface area contributed by atoms with Gasteiger partial charge in [-0.05, 0) is 80.4 Å². The molecular weight excluding hydrogens is 644 g/mol. The van der Waals surface area contributed by atoms with Crippen LogP contribution in [-0.2, 0) is 11.3 Å². The Labute approximate surface area is 288 Å². The fourth-order valence-corrected chi connectivity index (χ4v) is 5.49. The quantitative estimate of drug-likeness (QED) is 0.145. The number of fused-ring (bicyclic) bond motifs is 1. The van der Waals surface area contributed by atoms with Crippen LogP contribution in [-0.4, -0.2) is 55.8 Å². The maximum atomic E-state index is 14.5. The Morgan fingerprint density at radius 2 is 1.36 bits per heavy atom. The Morgan fingerprint density at radius 1 is 0.760 bits per heavy atom. The first-order valence-electron chi connectivity index (χ1n) is 15.5. The maximum absolute atomic E-state index is 14.5. The van der Waals surface area contributed by atoms with E-state index >= 15 is 0 Å². The molecule has 0 radical (unpaired) electrons. The van der Waals surface area contributed by atoms with E-state index in [1.807, 2.05) is 30.3 Å². The number of benzene rings is 4. The maximum Gasteiger partial charge on any atom is 0.412 e. The summed E-state index contributed by atoms with van der Waals surface area (Å²) in [5.74, 6) is 0.0342. The molecule has 0 saturated carbocycles. The smallest absolute Gasteiger partial charge is 0.412 e. The van der Waals surface area contributed by atoms with Gasteiger partial charge in [0.25, 0.3) is 5.56 Å². The van der Waals surface area contributed by atoms with Crippen LogP contribution in [0.3, 0.4) is 0 Å². The van der Waals surface area contributed by atoms with Gasteiger partial charge in [0.15, 0.2) is 23.0 Å². The predicted octanol–water partition coefficient (Wildman–Crippen LogP) is 7.32. The summed E-state index contributed by atoms with van der Waals surface area (Å²) in [5, 5.41) is 13.9. The highest BCUT2D eigenvalue weighted by Crippen LogP contribution is 2.45. The zero-order valence-electron chi connectivity index (χ0n) is 28.8. The lowest BCUT2D eigenvalue weighted by molar-refractivity contribution is 0.0633. The number of carboxylic acids is 1. The van der Waals surface area contributed by atoms with Crippen molar-refractivity contribution in [1.29, 1.82) is 0 Å². The third-order valence-corrected chi connectivity index (χ3v) is 7.63. The summed E-state index contributed by atoms with van der Waals surface area (Å²) < 4.78 is 35.0. The first-order chi connectivity index (χ1) is 23.9. The van der Waals surface area contributed by atoms with Crippen LogP contribution in [0.4, 0.5) is 10.5 Å². The van der Waals surface area contributed by atoms with Gasteiger partial charge in [0, 0.05) is 22.3 Å². The largest absolute Gasteiger partial charge is 0.493 e. The number of amides is 1. The second kappa shape index (κ2) is 14.5. The number of aromatic nitrogens is 1. The molecule has 1 heterocycles. The van der Waals surface area contributed by atoms with E-state index in [4.69, 9.17) is 28.4 Å². The Hall–Kier alpha value is -6.17. The lowest BCUT2D eigenvalue weighted by Crippen LogP contribution is -2.27. The summed E-state index contributed by atoms with van der Waals surface area (Å²) in [4.78, 5) is 40.1. The minimum atomic E-state index is -1.38. The molecule has 0 unspecified atom stereocenters. The van der Waals surface area contributed by atoms with Gasteiger partial charge in [-0.25, -0.2) is 9.59 Å². The summed E-state index contributed by atoms with van der Waals surface area (Å²) in [7, 11) is 5.82. The monoisotopic (exact) mass is 682 g/mol. The van der Waals surface area contributed by atoms with Crippen molar-refractivity contribution in [3.63, 3.8) is 0 Å². The van der Waals surface area contributed by atoms with E-state index in [0.717, 1.165) is 10.1 Å². The molecule has 0 saturated heterocycles. The minimum Gasteiger partial charge on any atom is -0.493 e. The van der Waals surface area contributed by atoms with Gasteiger partial charge >= 0.3 is 12.1 Å². The lowest BCUT2D eigenvalue weighted by atomic mass is 9.95. The van der Waals surface area contributed by atoms with Crippen LogP contribution in [0.25, 0.3) is 27.6 Å². The number of carbonyl (C=O) groups excluding carboxylic acids is 1. The molecule has 0 aliphatic carbocycles. The summed E-state index contributed by atoms with van der Waals surface area (Å²) in [6.45, 7) is 5.42. The Morgan fingerprint density at radius 3 is 1.90 bits per heavy atom. The molecule has 0 atom stereocenters. The molecule has 12 nitrogen and oxygen atoms in total. The highest BCUT2D eigenvalue weighted by atomic mass is 16.6. The number of ether oxygens (including phenoxy) is 6. The fourth-order valence-electron chi connectivity index (χ4n) is 5.49. The number of hydrogen-bond donors (Lipinski definition) is 2. The van der Waals surface area contributed by atoms with Gasteiger partial charge in [-0.3, -0.25) is 14.7 Å². The molecule has 0 aliphatic rings. The van der Waals surface area contributed by atoms with E-state index in [-0.39, 0.29) is 57.3 Å². The van der Waals surface area contributed by atoms with E-state index in [1.165, 1.54) is 40.6 Å². The van der Waals surface area contributed by atoms with Crippen LogP contribution in [0.5, 0.6) is 28.7 Å². The summed E-state index contributed by atoms with van der Waals surface area (Å²) in [6.07, 6.45) is -0.666. The molecule has 2 N–H and O–H groups in total. The van der Waals surface area contributed by atoms with E-state index in [1.54, 1.807) is 57.2 Å². The number of aromatic carboxylic acids is 1. The third-order valence-electron chi connectivity index (χ3n) is 7.63. The number of carbonyl (C=O) groups is 2. The van der Waals surface area contributed by atoms with Crippen LogP contribution in [0.15, 0.2) is 83.7 Å². The van der Waals surface area contributed by atoms with Crippen LogP contribution in [0.2, 0.25) is 0 Å². The number of rotatable bonds is 11. The number of nitrogens with zero attached hydrogens (tertiary/aromatic N) is 1. The van der Waals surface area contributed by atoms with Crippen molar-refractivity contribution in [2.45, 2.75) is 33.0 Å². The molecule has 5 rings (SSSR count). The minimum absolute atomic E-state index is 0.151. The van der Waals surface area contributed by atoms with Crippen LogP contribution in [0, 0.1) is 0 Å². The van der Waals surface area contributed by atoms with Crippen LogP contribution >= 0.6 is 0 Å². The Kier molecular flexibility index (Phi) is 10.2. The van der Waals surface area contributed by atoms with E-state index in [2.05, 4.69) is 5.32 Å². The molecule has 0 bridgehead atoms. The van der Waals surface area contributed by atoms with E-state index in [9.17, 15) is 19.5 Å². The Bertz CT molecular complexity index is 2080. The molecule has 5 aromatic rings. The lowest BCUT2D eigenvalue weighted by Gasteiger charge is -2.21. The molecule has 260 valence electrons. The van der Waals surface area contributed by atoms with Gasteiger partial charge < -0.3 is 33.5 Å². The number of carboxylic acid groups (broad SMARTS) is 1. The molecular formula is C38H38N2O10. The number of nitrogens with one attached hydrogen (secondary N) is 1. The summed E-state index contributed by atoms with van der Waals surface area (Å²) >= 11 is 0. The SMILES string of the molecule is COc1cc2c(-c3cc(OC)c(OC)c(OC)c3)c(C(=O)O)n(-c3ccc(NC(=O)OC(C)(C)C)cc3)c(=O)c2cc1OCc1ccccc1. The van der Waals surface area contributed by atoms with Crippen molar-refractivity contribution in [2.24, 2.45) is 0 Å². The van der Waals surface area contributed by atoms with Crippen molar-refractivity contribution >= 4 is 28.5 Å². The first-order valence-corrected chi connectivity index (χ1v) is 15.5. The number of hydrogen-bond acceptors (Lipinski definition) is 9. The molecule has 1 aromatic heterocycles. The molecule has 50 heavy (non-hydrogen) atoms. The second-order valence-electron chi connectivity index (χ2n) is 12.1. The Balaban J connectivity index is 1.79. The number of methoxy groups -OCH3 is 4. The first kappa shape index (κ1) is 35.1. The van der Waals surface area contributed by atoms with E-state index < -0.39 is 23.2 Å². The average Bonchev–Trinajstić information content (AvgIpc) is 3.09. The van der Waals surface area contributed by atoms with Crippen molar-refractivity contribution in [3.8, 4) is 45.6 Å². The number of pyridine rings is 1. The van der Waals surface area contributed by atoms with Crippen molar-refractivity contribution in [2.75, 3.05) is 33.8 Å². The third kappa shape index (κ3) is 7.29. The van der Waals surface area contributed by atoms with Gasteiger partial charge in [-0.2, -0.15) is 0 Å². The average molecular weight is 683 g/mol. The number of anilines is 1. The van der Waals surface area contributed by atoms with Gasteiger partial charge in [0.05, 0.1) is 33.8 Å². The standard InChI is InChI=1S/C38H38N2O10/c1-38(2,3)50-37(44)39-24-13-15-25(16-14-24)40-33(36(42)43)32(23-17-30(46-5)34(48-7)31(18-23)47-6)26-19-28(45-4)29(20-27(26)35(40)41)49-21-22-11-9-8-10-12-22/h8-20H,21H2,1-7H3,(H,39,44)(H,42,43). The zero-order chi connectivity index (χ0) is 36.2. The second-order valence-corrected chi connectivity index (χ2v) is 12.1.